The van der Waals surface area contributed by atoms with Crippen molar-refractivity contribution in [3.63, 3.8) is 0 Å². The maximum absolute atomic E-state index is 12.6. The van der Waals surface area contributed by atoms with Crippen molar-refractivity contribution in [1.82, 2.24) is 25.2 Å². The first kappa shape index (κ1) is 27.7. The Morgan fingerprint density at radius 2 is 1.92 bits per heavy atom. The summed E-state index contributed by atoms with van der Waals surface area (Å²) in [7, 11) is 4.90. The van der Waals surface area contributed by atoms with Gasteiger partial charge in [-0.3, -0.25) is 9.69 Å². The van der Waals surface area contributed by atoms with E-state index in [4.69, 9.17) is 9.47 Å². The zero-order valence-corrected chi connectivity index (χ0v) is 22.5. The molecule has 3 rings (SSSR count). The Balaban J connectivity index is 1.55. The number of nitrogens with one attached hydrogen (secondary N) is 3. The number of amides is 2. The fourth-order valence-corrected chi connectivity index (χ4v) is 3.61. The number of anilines is 3. The van der Waals surface area contributed by atoms with E-state index in [1.165, 1.54) is 4.90 Å². The molecule has 11 nitrogen and oxygen atoms in total. The lowest BCUT2D eigenvalue weighted by atomic mass is 9.79. The molecule has 11 heteroatoms. The maximum atomic E-state index is 12.6. The average molecular weight is 512 g/mol. The normalized spacial score (nSPS) is 17.9. The minimum atomic E-state index is -0.631. The molecule has 0 radical (unpaired) electrons. The van der Waals surface area contributed by atoms with Gasteiger partial charge in [-0.25, -0.2) is 14.8 Å². The predicted molar refractivity (Wildman–Crippen MR) is 143 cm³/mol. The minimum Gasteiger partial charge on any atom is -0.481 e. The largest absolute Gasteiger partial charge is 0.481 e. The van der Waals surface area contributed by atoms with E-state index in [9.17, 15) is 9.59 Å². The first-order chi connectivity index (χ1) is 17.5. The van der Waals surface area contributed by atoms with Gasteiger partial charge in [-0.15, -0.1) is 0 Å². The van der Waals surface area contributed by atoms with E-state index in [1.54, 1.807) is 67.4 Å². The molecule has 1 aliphatic rings. The molecule has 0 aliphatic heterocycles. The fraction of sp³-hybridized carbons (Fsp3) is 0.500. The Labute approximate surface area is 218 Å². The molecule has 1 aliphatic carbocycles. The van der Waals surface area contributed by atoms with Crippen molar-refractivity contribution in [2.75, 3.05) is 31.8 Å². The van der Waals surface area contributed by atoms with Crippen LogP contribution in [0.15, 0.2) is 30.6 Å². The van der Waals surface area contributed by atoms with Gasteiger partial charge >= 0.3 is 6.09 Å². The van der Waals surface area contributed by atoms with Gasteiger partial charge in [0.1, 0.15) is 17.5 Å². The van der Waals surface area contributed by atoms with Crippen LogP contribution in [-0.4, -0.2) is 70.7 Å². The third kappa shape index (κ3) is 7.80. The van der Waals surface area contributed by atoms with Gasteiger partial charge in [0.25, 0.3) is 0 Å². The molecule has 37 heavy (non-hydrogen) atoms. The van der Waals surface area contributed by atoms with Gasteiger partial charge in [0.15, 0.2) is 0 Å². The summed E-state index contributed by atoms with van der Waals surface area (Å²) in [5.41, 5.74) is 0.983. The molecular weight excluding hydrogens is 474 g/mol. The van der Waals surface area contributed by atoms with Crippen molar-refractivity contribution >= 4 is 35.5 Å². The fourth-order valence-electron chi connectivity index (χ4n) is 3.61. The number of rotatable bonds is 9. The highest BCUT2D eigenvalue weighted by molar-refractivity contribution is 5.85. The molecule has 0 saturated heterocycles. The second kappa shape index (κ2) is 11.9. The first-order valence-electron chi connectivity index (χ1n) is 12.2. The van der Waals surface area contributed by atoms with E-state index in [2.05, 4.69) is 37.0 Å². The van der Waals surface area contributed by atoms with E-state index in [1.807, 2.05) is 12.1 Å². The lowest BCUT2D eigenvalue weighted by Crippen LogP contribution is -2.52. The van der Waals surface area contributed by atoms with Gasteiger partial charge in [0.05, 0.1) is 19.0 Å². The molecule has 2 aromatic rings. The van der Waals surface area contributed by atoms with Crippen LogP contribution in [0, 0.1) is 5.92 Å². The smallest absolute Gasteiger partial charge is 0.410 e. The Bertz CT molecular complexity index is 1110. The summed E-state index contributed by atoms with van der Waals surface area (Å²) in [6.07, 6.45) is 8.62. The molecule has 2 heterocycles. The van der Waals surface area contributed by atoms with Gasteiger partial charge in [-0.2, -0.15) is 4.98 Å². The molecule has 1 saturated carbocycles. The van der Waals surface area contributed by atoms with E-state index in [0.29, 0.717) is 23.6 Å². The zero-order valence-electron chi connectivity index (χ0n) is 22.5. The van der Waals surface area contributed by atoms with Crippen LogP contribution < -0.4 is 20.7 Å². The van der Waals surface area contributed by atoms with Crippen molar-refractivity contribution in [1.29, 1.82) is 0 Å². The van der Waals surface area contributed by atoms with E-state index >= 15 is 0 Å². The number of hydrogen-bond acceptors (Lipinski definition) is 9. The number of likely N-dealkylation sites (N-methyl/N-ethyl adjacent to an activating group) is 1. The van der Waals surface area contributed by atoms with Gasteiger partial charge in [-0.05, 0) is 52.5 Å². The Morgan fingerprint density at radius 1 is 1.19 bits per heavy atom. The summed E-state index contributed by atoms with van der Waals surface area (Å²) < 4.78 is 10.5. The Morgan fingerprint density at radius 3 is 2.51 bits per heavy atom. The molecule has 3 N–H and O–H groups in total. The molecular formula is C26H37N7O4. The number of allylic oxidation sites excluding steroid dienone is 1. The first-order valence-corrected chi connectivity index (χ1v) is 12.2. The zero-order chi connectivity index (χ0) is 27.2. The molecule has 2 amide bonds. The maximum Gasteiger partial charge on any atom is 0.410 e. The van der Waals surface area contributed by atoms with Gasteiger partial charge < -0.3 is 25.4 Å². The number of nitrogens with zero attached hydrogens (tertiary/aromatic N) is 4. The van der Waals surface area contributed by atoms with E-state index in [-0.39, 0.29) is 11.9 Å². The van der Waals surface area contributed by atoms with Gasteiger partial charge in [-0.1, -0.05) is 12.2 Å². The molecule has 1 fully saturated rings. The number of carbonyl (C=O) groups is 2. The summed E-state index contributed by atoms with van der Waals surface area (Å²) in [5, 5.41) is 9.26. The van der Waals surface area contributed by atoms with E-state index in [0.717, 1.165) is 24.1 Å². The summed E-state index contributed by atoms with van der Waals surface area (Å²) in [4.78, 5) is 39.3. The lowest BCUT2D eigenvalue weighted by Gasteiger charge is -2.36. The minimum absolute atomic E-state index is 0.0579. The molecule has 0 spiro atoms. The van der Waals surface area contributed by atoms with Gasteiger partial charge in [0, 0.05) is 38.0 Å². The standard InChI is InChI=1S/C26H37N7O4/c1-16(33(6)25(35)37-26(2,3)4)23(34)31-20-12-17(13-20)8-9-18-14-29-24(27-5)32-22(18)30-19-10-11-21(36-7)28-15-19/h8-11,14-17,20H,12-13H2,1-7H3,(H,31,34)(H2,27,29,30,32)/t16-,17?,20?/m0/s1. The number of pyridine rings is 1. The van der Waals surface area contributed by atoms with E-state index < -0.39 is 17.7 Å². The summed E-state index contributed by atoms with van der Waals surface area (Å²) in [6, 6.07) is 3.06. The highest BCUT2D eigenvalue weighted by Gasteiger charge is 2.32. The SMILES string of the molecule is CNc1ncc(C=CC2CC(NC(=O)[C@H](C)N(C)C(=O)OC(C)(C)C)C2)c(Nc2ccc(OC)nc2)n1. The van der Waals surface area contributed by atoms with Crippen molar-refractivity contribution in [3.05, 3.63) is 36.2 Å². The van der Waals surface area contributed by atoms with Crippen molar-refractivity contribution in [2.24, 2.45) is 5.92 Å². The molecule has 2 aromatic heterocycles. The number of carbonyl (C=O) groups excluding carboxylic acids is 2. The lowest BCUT2D eigenvalue weighted by molar-refractivity contribution is -0.126. The van der Waals surface area contributed by atoms with Crippen LogP contribution in [0.4, 0.5) is 22.2 Å². The monoisotopic (exact) mass is 511 g/mol. The average Bonchev–Trinajstić information content (AvgIpc) is 2.84. The topological polar surface area (TPSA) is 131 Å². The molecule has 0 unspecified atom stereocenters. The third-order valence-corrected chi connectivity index (χ3v) is 5.96. The van der Waals surface area contributed by atoms with Crippen LogP contribution in [0.2, 0.25) is 0 Å². The Kier molecular flexibility index (Phi) is 8.90. The van der Waals surface area contributed by atoms with Crippen LogP contribution in [0.3, 0.4) is 0 Å². The van der Waals surface area contributed by atoms with Crippen molar-refractivity contribution < 1.29 is 19.1 Å². The summed E-state index contributed by atoms with van der Waals surface area (Å²) in [5.74, 6) is 1.78. The van der Waals surface area contributed by atoms with Crippen LogP contribution in [0.25, 0.3) is 6.08 Å². The summed E-state index contributed by atoms with van der Waals surface area (Å²) >= 11 is 0. The van der Waals surface area contributed by atoms with Crippen molar-refractivity contribution in [3.8, 4) is 5.88 Å². The second-order valence-electron chi connectivity index (χ2n) is 10.0. The quantitative estimate of drug-likeness (QED) is 0.460. The van der Waals surface area contributed by atoms with Gasteiger partial charge in [0.2, 0.25) is 17.7 Å². The number of methoxy groups -OCH3 is 1. The van der Waals surface area contributed by atoms with Crippen molar-refractivity contribution in [2.45, 2.75) is 58.2 Å². The van der Waals surface area contributed by atoms with Crippen LogP contribution in [-0.2, 0) is 9.53 Å². The molecule has 0 bridgehead atoms. The second-order valence-corrected chi connectivity index (χ2v) is 10.0. The number of hydrogen-bond donors (Lipinski definition) is 3. The summed E-state index contributed by atoms with van der Waals surface area (Å²) in [6.45, 7) is 7.07. The highest BCUT2D eigenvalue weighted by Crippen LogP contribution is 2.30. The molecule has 0 aromatic carbocycles. The predicted octanol–water partition coefficient (Wildman–Crippen LogP) is 3.83. The van der Waals surface area contributed by atoms with Crippen LogP contribution in [0.5, 0.6) is 5.88 Å². The highest BCUT2D eigenvalue weighted by atomic mass is 16.6. The van der Waals surface area contributed by atoms with Crippen LogP contribution in [0.1, 0.15) is 46.1 Å². The van der Waals surface area contributed by atoms with Crippen LogP contribution >= 0.6 is 0 Å². The third-order valence-electron chi connectivity index (χ3n) is 5.96. The molecule has 200 valence electrons. The Hall–Kier alpha value is -3.89. The number of ether oxygens (including phenoxy) is 2. The number of aromatic nitrogens is 3. The molecule has 1 atom stereocenters.